The highest BCUT2D eigenvalue weighted by Gasteiger charge is 2.08. The lowest BCUT2D eigenvalue weighted by molar-refractivity contribution is -0.136. The molecule has 1 aromatic rings. The highest BCUT2D eigenvalue weighted by molar-refractivity contribution is 5.90. The van der Waals surface area contributed by atoms with E-state index in [9.17, 15) is 9.59 Å². The van der Waals surface area contributed by atoms with Crippen LogP contribution in [0.1, 0.15) is 25.3 Å². The van der Waals surface area contributed by atoms with E-state index in [0.717, 1.165) is 19.4 Å². The van der Waals surface area contributed by atoms with E-state index in [2.05, 4.69) is 10.6 Å². The Balaban J connectivity index is 2.35. The molecule has 0 saturated heterocycles. The molecule has 0 unspecified atom stereocenters. The van der Waals surface area contributed by atoms with Crippen LogP contribution in [0.2, 0.25) is 0 Å². The number of hydrogen-bond donors (Lipinski definition) is 3. The van der Waals surface area contributed by atoms with Gasteiger partial charge in [-0.25, -0.2) is 4.79 Å². The van der Waals surface area contributed by atoms with Gasteiger partial charge in [0.15, 0.2) is 0 Å². The average Bonchev–Trinajstić information content (AvgIpc) is 2.44. The van der Waals surface area contributed by atoms with Crippen LogP contribution in [0.3, 0.4) is 0 Å². The molecule has 0 aromatic heterocycles. The second-order valence-corrected chi connectivity index (χ2v) is 4.57. The number of carbonyl (C=O) groups is 2. The first kappa shape index (κ1) is 17.0. The minimum absolute atomic E-state index is 0.124. The number of urea groups is 1. The minimum atomic E-state index is -0.933. The Labute approximate surface area is 124 Å². The number of amides is 2. The van der Waals surface area contributed by atoms with Gasteiger partial charge >= 0.3 is 12.0 Å². The summed E-state index contributed by atoms with van der Waals surface area (Å²) in [5, 5.41) is 14.2. The number of carboxylic acid groups (broad SMARTS) is 1. The number of ether oxygens (including phenoxy) is 1. The van der Waals surface area contributed by atoms with Crippen LogP contribution < -0.4 is 10.6 Å². The van der Waals surface area contributed by atoms with E-state index in [-0.39, 0.29) is 12.5 Å². The van der Waals surface area contributed by atoms with Gasteiger partial charge in [0, 0.05) is 25.4 Å². The summed E-state index contributed by atoms with van der Waals surface area (Å²) < 4.78 is 5.31. The lowest BCUT2D eigenvalue weighted by Crippen LogP contribution is -2.30. The standard InChI is InChI=1S/C15H22N2O4/c1-2-9-21-10-5-8-16-15(20)17-13-7-4-3-6-12(13)11-14(18)19/h3-4,6-7H,2,5,8-11H2,1H3,(H,18,19)(H2,16,17,20). The summed E-state index contributed by atoms with van der Waals surface area (Å²) in [5.41, 5.74) is 1.09. The maximum absolute atomic E-state index is 11.7. The molecular weight excluding hydrogens is 272 g/mol. The van der Waals surface area contributed by atoms with Crippen molar-refractivity contribution >= 4 is 17.7 Å². The van der Waals surface area contributed by atoms with Crippen LogP contribution in [0.25, 0.3) is 0 Å². The fourth-order valence-electron chi connectivity index (χ4n) is 1.75. The summed E-state index contributed by atoms with van der Waals surface area (Å²) in [6.07, 6.45) is 1.60. The van der Waals surface area contributed by atoms with Gasteiger partial charge in [0.25, 0.3) is 0 Å². The number of hydrogen-bond acceptors (Lipinski definition) is 3. The molecule has 21 heavy (non-hydrogen) atoms. The molecule has 0 fully saturated rings. The predicted octanol–water partition coefficient (Wildman–Crippen LogP) is 2.25. The van der Waals surface area contributed by atoms with Crippen molar-refractivity contribution in [3.8, 4) is 0 Å². The zero-order chi connectivity index (χ0) is 15.5. The third kappa shape index (κ3) is 7.31. The second kappa shape index (κ2) is 9.77. The van der Waals surface area contributed by atoms with Crippen LogP contribution in [-0.4, -0.2) is 36.9 Å². The Hall–Kier alpha value is -2.08. The second-order valence-electron chi connectivity index (χ2n) is 4.57. The van der Waals surface area contributed by atoms with Crippen LogP contribution in [0.5, 0.6) is 0 Å². The smallest absolute Gasteiger partial charge is 0.319 e. The van der Waals surface area contributed by atoms with E-state index >= 15 is 0 Å². The van der Waals surface area contributed by atoms with Crippen LogP contribution in [-0.2, 0) is 16.0 Å². The van der Waals surface area contributed by atoms with Crippen molar-refractivity contribution in [1.82, 2.24) is 5.32 Å². The van der Waals surface area contributed by atoms with E-state index in [1.165, 1.54) is 0 Å². The third-order valence-corrected chi connectivity index (χ3v) is 2.71. The van der Waals surface area contributed by atoms with Crippen LogP contribution in [0.15, 0.2) is 24.3 Å². The lowest BCUT2D eigenvalue weighted by Gasteiger charge is -2.11. The number of aliphatic carboxylic acids is 1. The van der Waals surface area contributed by atoms with Gasteiger partial charge in [-0.15, -0.1) is 0 Å². The highest BCUT2D eigenvalue weighted by Crippen LogP contribution is 2.15. The van der Waals surface area contributed by atoms with Crippen molar-refractivity contribution < 1.29 is 19.4 Å². The van der Waals surface area contributed by atoms with Crippen molar-refractivity contribution in [2.45, 2.75) is 26.2 Å². The lowest BCUT2D eigenvalue weighted by atomic mass is 10.1. The van der Waals surface area contributed by atoms with Crippen molar-refractivity contribution in [3.05, 3.63) is 29.8 Å². The molecule has 6 nitrogen and oxygen atoms in total. The van der Waals surface area contributed by atoms with Gasteiger partial charge in [-0.05, 0) is 24.5 Å². The van der Waals surface area contributed by atoms with Crippen molar-refractivity contribution in [2.75, 3.05) is 25.1 Å². The van der Waals surface area contributed by atoms with Gasteiger partial charge in [0.2, 0.25) is 0 Å². The molecule has 3 N–H and O–H groups in total. The Morgan fingerprint density at radius 1 is 1.24 bits per heavy atom. The fourth-order valence-corrected chi connectivity index (χ4v) is 1.75. The van der Waals surface area contributed by atoms with Crippen LogP contribution >= 0.6 is 0 Å². The van der Waals surface area contributed by atoms with E-state index in [1.807, 2.05) is 6.92 Å². The van der Waals surface area contributed by atoms with Gasteiger partial charge in [0.05, 0.1) is 6.42 Å². The van der Waals surface area contributed by atoms with Crippen molar-refractivity contribution in [3.63, 3.8) is 0 Å². The average molecular weight is 294 g/mol. The molecule has 6 heteroatoms. The first-order chi connectivity index (χ1) is 10.1. The van der Waals surface area contributed by atoms with Crippen LogP contribution in [0.4, 0.5) is 10.5 Å². The van der Waals surface area contributed by atoms with Gasteiger partial charge in [0.1, 0.15) is 0 Å². The molecule has 0 spiro atoms. The summed E-state index contributed by atoms with van der Waals surface area (Å²) in [7, 11) is 0. The number of nitrogens with one attached hydrogen (secondary N) is 2. The molecule has 0 saturated carbocycles. The van der Waals surface area contributed by atoms with E-state index < -0.39 is 5.97 Å². The molecular formula is C15H22N2O4. The van der Waals surface area contributed by atoms with Gasteiger partial charge < -0.3 is 20.5 Å². The number of para-hydroxylation sites is 1. The molecule has 0 bridgehead atoms. The molecule has 0 aliphatic carbocycles. The van der Waals surface area contributed by atoms with Gasteiger partial charge in [-0.3, -0.25) is 4.79 Å². The molecule has 0 aliphatic rings. The Kier molecular flexibility index (Phi) is 7.89. The number of carboxylic acids is 1. The number of carbonyl (C=O) groups excluding carboxylic acids is 1. The van der Waals surface area contributed by atoms with Crippen molar-refractivity contribution in [2.24, 2.45) is 0 Å². The third-order valence-electron chi connectivity index (χ3n) is 2.71. The fraction of sp³-hybridized carbons (Fsp3) is 0.467. The number of benzene rings is 1. The first-order valence-electron chi connectivity index (χ1n) is 7.05. The number of anilines is 1. The Bertz CT molecular complexity index is 463. The molecule has 0 heterocycles. The first-order valence-corrected chi connectivity index (χ1v) is 7.05. The topological polar surface area (TPSA) is 87.7 Å². The van der Waals surface area contributed by atoms with Gasteiger partial charge in [-0.2, -0.15) is 0 Å². The maximum Gasteiger partial charge on any atom is 0.319 e. The summed E-state index contributed by atoms with van der Waals surface area (Å²) in [4.78, 5) is 22.5. The molecule has 0 aliphatic heterocycles. The number of rotatable bonds is 9. The summed E-state index contributed by atoms with van der Waals surface area (Å²) in [5.74, 6) is -0.933. The predicted molar refractivity (Wildman–Crippen MR) is 80.5 cm³/mol. The molecule has 0 radical (unpaired) electrons. The monoisotopic (exact) mass is 294 g/mol. The quantitative estimate of drug-likeness (QED) is 0.610. The Morgan fingerprint density at radius 3 is 2.71 bits per heavy atom. The maximum atomic E-state index is 11.7. The Morgan fingerprint density at radius 2 is 2.00 bits per heavy atom. The summed E-state index contributed by atoms with van der Waals surface area (Å²) >= 11 is 0. The minimum Gasteiger partial charge on any atom is -0.481 e. The normalized spacial score (nSPS) is 10.1. The SMILES string of the molecule is CCCOCCCNC(=O)Nc1ccccc1CC(=O)O. The molecule has 1 aromatic carbocycles. The molecule has 1 rings (SSSR count). The van der Waals surface area contributed by atoms with Gasteiger partial charge in [-0.1, -0.05) is 25.1 Å². The van der Waals surface area contributed by atoms with E-state index in [4.69, 9.17) is 9.84 Å². The van der Waals surface area contributed by atoms with E-state index in [0.29, 0.717) is 24.4 Å². The molecule has 0 atom stereocenters. The largest absolute Gasteiger partial charge is 0.481 e. The molecule has 116 valence electrons. The highest BCUT2D eigenvalue weighted by atomic mass is 16.5. The molecule has 2 amide bonds. The summed E-state index contributed by atoms with van der Waals surface area (Å²) in [6.45, 7) is 3.90. The zero-order valence-corrected chi connectivity index (χ0v) is 12.2. The van der Waals surface area contributed by atoms with Crippen LogP contribution in [0, 0.1) is 0 Å². The zero-order valence-electron chi connectivity index (χ0n) is 12.2. The summed E-state index contributed by atoms with van der Waals surface area (Å²) in [6, 6.07) is 6.51. The van der Waals surface area contributed by atoms with E-state index in [1.54, 1.807) is 24.3 Å². The van der Waals surface area contributed by atoms with Crippen molar-refractivity contribution in [1.29, 1.82) is 0 Å².